The van der Waals surface area contributed by atoms with E-state index in [4.69, 9.17) is 9.47 Å². The largest absolute Gasteiger partial charge is 0.484 e. The summed E-state index contributed by atoms with van der Waals surface area (Å²) in [5.74, 6) is 0.822. The third-order valence-electron chi connectivity index (χ3n) is 3.45. The van der Waals surface area contributed by atoms with Crippen molar-refractivity contribution in [1.29, 1.82) is 0 Å². The molecule has 1 N–H and O–H groups in total. The normalized spacial score (nSPS) is 16.2. The first-order valence-corrected chi connectivity index (χ1v) is 7.09. The molecular formula is C16H20N2O2. The summed E-state index contributed by atoms with van der Waals surface area (Å²) in [7, 11) is 1.70. The summed E-state index contributed by atoms with van der Waals surface area (Å²) in [4.78, 5) is 4.42. The highest BCUT2D eigenvalue weighted by molar-refractivity contribution is 5.84. The van der Waals surface area contributed by atoms with Crippen molar-refractivity contribution in [2.45, 2.75) is 25.0 Å². The fourth-order valence-electron chi connectivity index (χ4n) is 2.26. The Bertz CT molecular complexity index is 564. The lowest BCUT2D eigenvalue weighted by atomic mass is 10.2. The Kier molecular flexibility index (Phi) is 4.14. The van der Waals surface area contributed by atoms with Crippen LogP contribution in [0.4, 0.5) is 0 Å². The first-order chi connectivity index (χ1) is 9.86. The van der Waals surface area contributed by atoms with Crippen molar-refractivity contribution < 1.29 is 9.47 Å². The van der Waals surface area contributed by atoms with Crippen LogP contribution in [0.3, 0.4) is 0 Å². The highest BCUT2D eigenvalue weighted by Crippen LogP contribution is 2.24. The Balaban J connectivity index is 1.74. The van der Waals surface area contributed by atoms with Gasteiger partial charge in [-0.1, -0.05) is 18.2 Å². The van der Waals surface area contributed by atoms with Gasteiger partial charge in [0.25, 0.3) is 0 Å². The fourth-order valence-corrected chi connectivity index (χ4v) is 2.26. The van der Waals surface area contributed by atoms with Crippen LogP contribution in [0.25, 0.3) is 10.9 Å². The number of para-hydroxylation sites is 1. The molecular weight excluding hydrogens is 252 g/mol. The second-order valence-corrected chi connectivity index (χ2v) is 5.21. The van der Waals surface area contributed by atoms with Crippen molar-refractivity contribution >= 4 is 10.9 Å². The van der Waals surface area contributed by atoms with E-state index in [1.807, 2.05) is 30.3 Å². The number of hydrogen-bond acceptors (Lipinski definition) is 4. The number of methoxy groups -OCH3 is 1. The average Bonchev–Trinajstić information content (AvgIpc) is 3.30. The average molecular weight is 272 g/mol. The molecule has 0 saturated heterocycles. The molecule has 1 unspecified atom stereocenters. The van der Waals surface area contributed by atoms with Crippen LogP contribution in [0.5, 0.6) is 5.75 Å². The van der Waals surface area contributed by atoms with Gasteiger partial charge in [0.05, 0.1) is 6.61 Å². The lowest BCUT2D eigenvalue weighted by Gasteiger charge is -2.19. The van der Waals surface area contributed by atoms with Crippen molar-refractivity contribution in [2.75, 3.05) is 20.3 Å². The quantitative estimate of drug-likeness (QED) is 0.840. The molecule has 1 aliphatic rings. The summed E-state index contributed by atoms with van der Waals surface area (Å²) in [6, 6.07) is 10.7. The molecule has 4 nitrogen and oxygen atoms in total. The summed E-state index contributed by atoms with van der Waals surface area (Å²) < 4.78 is 11.4. The summed E-state index contributed by atoms with van der Waals surface area (Å²) in [5, 5.41) is 4.58. The maximum Gasteiger partial charge on any atom is 0.146 e. The zero-order valence-corrected chi connectivity index (χ0v) is 11.7. The molecule has 0 amide bonds. The lowest BCUT2D eigenvalue weighted by Crippen LogP contribution is -2.36. The molecule has 0 aliphatic heterocycles. The highest BCUT2D eigenvalue weighted by atomic mass is 16.5. The minimum atomic E-state index is 0.00760. The molecule has 1 aromatic heterocycles. The maximum atomic E-state index is 6.10. The van der Waals surface area contributed by atoms with Gasteiger partial charge in [-0.05, 0) is 25.0 Å². The SMILES string of the molecule is COCC(CNC1CC1)Oc1cccc2cccnc12. The van der Waals surface area contributed by atoms with Crippen molar-refractivity contribution in [1.82, 2.24) is 10.3 Å². The number of fused-ring (bicyclic) bond motifs is 1. The monoisotopic (exact) mass is 272 g/mol. The van der Waals surface area contributed by atoms with Crippen LogP contribution in [-0.4, -0.2) is 37.4 Å². The Morgan fingerprint density at radius 3 is 2.95 bits per heavy atom. The van der Waals surface area contributed by atoms with Crippen LogP contribution in [0.15, 0.2) is 36.5 Å². The summed E-state index contributed by atoms with van der Waals surface area (Å²) in [6.07, 6.45) is 4.35. The number of nitrogens with zero attached hydrogens (tertiary/aromatic N) is 1. The van der Waals surface area contributed by atoms with Crippen LogP contribution in [0, 0.1) is 0 Å². The Labute approximate surface area is 119 Å². The number of rotatable bonds is 7. The van der Waals surface area contributed by atoms with Crippen LogP contribution < -0.4 is 10.1 Å². The maximum absolute atomic E-state index is 6.10. The van der Waals surface area contributed by atoms with Gasteiger partial charge in [0.1, 0.15) is 17.4 Å². The smallest absolute Gasteiger partial charge is 0.146 e. The van der Waals surface area contributed by atoms with Gasteiger partial charge in [-0.15, -0.1) is 0 Å². The number of ether oxygens (including phenoxy) is 2. The van der Waals surface area contributed by atoms with E-state index in [1.165, 1.54) is 12.8 Å². The van der Waals surface area contributed by atoms with Crippen LogP contribution in [0.2, 0.25) is 0 Å². The summed E-state index contributed by atoms with van der Waals surface area (Å²) in [5.41, 5.74) is 0.905. The number of nitrogens with one attached hydrogen (secondary N) is 1. The zero-order chi connectivity index (χ0) is 13.8. The molecule has 1 atom stereocenters. The van der Waals surface area contributed by atoms with Crippen molar-refractivity contribution in [3.63, 3.8) is 0 Å². The van der Waals surface area contributed by atoms with E-state index >= 15 is 0 Å². The van der Waals surface area contributed by atoms with Gasteiger partial charge in [0, 0.05) is 31.3 Å². The van der Waals surface area contributed by atoms with E-state index < -0.39 is 0 Å². The molecule has 20 heavy (non-hydrogen) atoms. The molecule has 4 heteroatoms. The first-order valence-electron chi connectivity index (χ1n) is 7.09. The highest BCUT2D eigenvalue weighted by Gasteiger charge is 2.22. The van der Waals surface area contributed by atoms with Gasteiger partial charge in [0.2, 0.25) is 0 Å². The molecule has 0 bridgehead atoms. The topological polar surface area (TPSA) is 43.4 Å². The Hall–Kier alpha value is -1.65. The van der Waals surface area contributed by atoms with E-state index in [-0.39, 0.29) is 6.10 Å². The predicted molar refractivity (Wildman–Crippen MR) is 79.1 cm³/mol. The second kappa shape index (κ2) is 6.20. The van der Waals surface area contributed by atoms with Gasteiger partial charge in [-0.25, -0.2) is 0 Å². The second-order valence-electron chi connectivity index (χ2n) is 5.21. The molecule has 0 spiro atoms. The van der Waals surface area contributed by atoms with Crippen LogP contribution in [0.1, 0.15) is 12.8 Å². The third kappa shape index (κ3) is 3.26. The summed E-state index contributed by atoms with van der Waals surface area (Å²) >= 11 is 0. The zero-order valence-electron chi connectivity index (χ0n) is 11.7. The van der Waals surface area contributed by atoms with Crippen molar-refractivity contribution in [3.05, 3.63) is 36.5 Å². The van der Waals surface area contributed by atoms with Gasteiger partial charge < -0.3 is 14.8 Å². The minimum absolute atomic E-state index is 0.00760. The van der Waals surface area contributed by atoms with Gasteiger partial charge in [0.15, 0.2) is 0 Å². The molecule has 1 aromatic carbocycles. The van der Waals surface area contributed by atoms with Crippen molar-refractivity contribution in [3.8, 4) is 5.75 Å². The lowest BCUT2D eigenvalue weighted by molar-refractivity contribution is 0.0813. The molecule has 1 heterocycles. The van der Waals surface area contributed by atoms with Crippen molar-refractivity contribution in [2.24, 2.45) is 0 Å². The van der Waals surface area contributed by atoms with E-state index in [1.54, 1.807) is 13.3 Å². The van der Waals surface area contributed by atoms with Gasteiger partial charge in [-0.3, -0.25) is 4.98 Å². The number of aromatic nitrogens is 1. The molecule has 3 rings (SSSR count). The predicted octanol–water partition coefficient (Wildman–Crippen LogP) is 2.38. The Morgan fingerprint density at radius 2 is 2.15 bits per heavy atom. The minimum Gasteiger partial charge on any atom is -0.484 e. The van der Waals surface area contributed by atoms with E-state index in [9.17, 15) is 0 Å². The van der Waals surface area contributed by atoms with Crippen LogP contribution in [-0.2, 0) is 4.74 Å². The number of pyridine rings is 1. The molecule has 2 aromatic rings. The van der Waals surface area contributed by atoms with Gasteiger partial charge in [-0.2, -0.15) is 0 Å². The third-order valence-corrected chi connectivity index (χ3v) is 3.45. The standard InChI is InChI=1S/C16H20N2O2/c1-19-11-14(10-18-13-7-8-13)20-15-6-2-4-12-5-3-9-17-16(12)15/h2-6,9,13-14,18H,7-8,10-11H2,1H3. The van der Waals surface area contributed by atoms with E-state index in [0.717, 1.165) is 23.2 Å². The van der Waals surface area contributed by atoms with Crippen LogP contribution >= 0.6 is 0 Å². The Morgan fingerprint density at radius 1 is 1.30 bits per heavy atom. The van der Waals surface area contributed by atoms with E-state index in [0.29, 0.717) is 12.6 Å². The first kappa shape index (κ1) is 13.3. The molecule has 1 fully saturated rings. The fraction of sp³-hybridized carbons (Fsp3) is 0.438. The summed E-state index contributed by atoms with van der Waals surface area (Å²) in [6.45, 7) is 1.38. The molecule has 1 aliphatic carbocycles. The molecule has 106 valence electrons. The molecule has 0 radical (unpaired) electrons. The molecule has 1 saturated carbocycles. The number of benzene rings is 1. The van der Waals surface area contributed by atoms with Gasteiger partial charge >= 0.3 is 0 Å². The number of hydrogen-bond donors (Lipinski definition) is 1. The van der Waals surface area contributed by atoms with E-state index in [2.05, 4.69) is 10.3 Å².